The number of fused-ring (bicyclic) bond motifs is 1. The highest BCUT2D eigenvalue weighted by atomic mass is 127. The Balaban J connectivity index is 0.00000341. The first-order valence-electron chi connectivity index (χ1n) is 11.3. The number of nitrogens with zero attached hydrogens (tertiary/aromatic N) is 4. The van der Waals surface area contributed by atoms with E-state index in [9.17, 15) is 0 Å². The standard InChI is InChI=1S/C23H39N5O2.HI/c1-4-24-23(25-11-8-12-26(2)13-15-29-3)28-18-21-22(19-28)30-16-14-27(21)17-20-9-6-5-7-10-20;/h5-7,9-10,21-22H,4,8,11-19H2,1-3H3,(H,24,25);1H. The molecule has 3 rings (SSSR count). The lowest BCUT2D eigenvalue weighted by Crippen LogP contribution is -2.50. The molecule has 2 saturated heterocycles. The van der Waals surface area contributed by atoms with Crippen molar-refractivity contribution in [3.05, 3.63) is 35.9 Å². The van der Waals surface area contributed by atoms with Crippen LogP contribution in [-0.2, 0) is 16.0 Å². The maximum atomic E-state index is 6.14. The fourth-order valence-electron chi connectivity index (χ4n) is 4.26. The van der Waals surface area contributed by atoms with E-state index < -0.39 is 0 Å². The van der Waals surface area contributed by atoms with Crippen molar-refractivity contribution in [2.24, 2.45) is 4.99 Å². The third-order valence-corrected chi connectivity index (χ3v) is 5.92. The number of likely N-dealkylation sites (N-methyl/N-ethyl adjacent to an activating group) is 1. The third kappa shape index (κ3) is 8.16. The number of guanidine groups is 1. The van der Waals surface area contributed by atoms with Gasteiger partial charge < -0.3 is 24.6 Å². The number of rotatable bonds is 10. The Kier molecular flexibility index (Phi) is 12.1. The van der Waals surface area contributed by atoms with Gasteiger partial charge in [0, 0.05) is 52.9 Å². The quantitative estimate of drug-likeness (QED) is 0.211. The van der Waals surface area contributed by atoms with Crippen molar-refractivity contribution in [3.63, 3.8) is 0 Å². The number of hydrogen-bond donors (Lipinski definition) is 1. The number of likely N-dealkylation sites (tertiary alicyclic amines) is 1. The smallest absolute Gasteiger partial charge is 0.194 e. The summed E-state index contributed by atoms with van der Waals surface area (Å²) in [4.78, 5) is 12.2. The lowest BCUT2D eigenvalue weighted by Gasteiger charge is -2.36. The normalized spacial score (nSPS) is 21.8. The van der Waals surface area contributed by atoms with E-state index in [-0.39, 0.29) is 30.1 Å². The second-order valence-corrected chi connectivity index (χ2v) is 8.22. The van der Waals surface area contributed by atoms with E-state index in [1.54, 1.807) is 7.11 Å². The van der Waals surface area contributed by atoms with Crippen molar-refractivity contribution >= 4 is 29.9 Å². The number of hydrogen-bond acceptors (Lipinski definition) is 5. The van der Waals surface area contributed by atoms with Crippen LogP contribution >= 0.6 is 24.0 Å². The Labute approximate surface area is 205 Å². The molecule has 2 aliphatic rings. The van der Waals surface area contributed by atoms with Crippen LogP contribution in [0.5, 0.6) is 0 Å². The molecule has 0 aliphatic carbocycles. The Morgan fingerprint density at radius 2 is 2.06 bits per heavy atom. The Hall–Kier alpha value is -0.940. The minimum Gasteiger partial charge on any atom is -0.383 e. The van der Waals surface area contributed by atoms with Gasteiger partial charge in [-0.25, -0.2) is 0 Å². The van der Waals surface area contributed by atoms with E-state index in [4.69, 9.17) is 14.5 Å². The van der Waals surface area contributed by atoms with Crippen LogP contribution in [0.15, 0.2) is 35.3 Å². The number of benzene rings is 1. The zero-order chi connectivity index (χ0) is 21.2. The van der Waals surface area contributed by atoms with Crippen molar-refractivity contribution < 1.29 is 9.47 Å². The van der Waals surface area contributed by atoms with Crippen LogP contribution in [-0.4, -0.2) is 106 Å². The van der Waals surface area contributed by atoms with Crippen molar-refractivity contribution in [3.8, 4) is 0 Å². The zero-order valence-electron chi connectivity index (χ0n) is 19.3. The lowest BCUT2D eigenvalue weighted by atomic mass is 10.1. The fraction of sp³-hybridized carbons (Fsp3) is 0.696. The summed E-state index contributed by atoms with van der Waals surface area (Å²) in [7, 11) is 3.89. The Morgan fingerprint density at radius 3 is 2.81 bits per heavy atom. The number of aliphatic imine (C=N–C) groups is 1. The summed E-state index contributed by atoms with van der Waals surface area (Å²) in [5.41, 5.74) is 1.37. The van der Waals surface area contributed by atoms with Gasteiger partial charge in [0.2, 0.25) is 0 Å². The topological polar surface area (TPSA) is 52.6 Å². The van der Waals surface area contributed by atoms with Gasteiger partial charge in [0.15, 0.2) is 5.96 Å². The average Bonchev–Trinajstić information content (AvgIpc) is 3.20. The van der Waals surface area contributed by atoms with Gasteiger partial charge in [-0.3, -0.25) is 9.89 Å². The molecule has 0 bridgehead atoms. The van der Waals surface area contributed by atoms with Gasteiger partial charge in [-0.1, -0.05) is 30.3 Å². The zero-order valence-corrected chi connectivity index (χ0v) is 21.7. The molecule has 2 aliphatic heterocycles. The highest BCUT2D eigenvalue weighted by Crippen LogP contribution is 2.24. The molecule has 0 aromatic heterocycles. The summed E-state index contributed by atoms with van der Waals surface area (Å²) >= 11 is 0. The first kappa shape index (κ1) is 26.3. The number of ether oxygens (including phenoxy) is 2. The molecular formula is C23H40IN5O2. The summed E-state index contributed by atoms with van der Waals surface area (Å²) in [5.74, 6) is 1.02. The predicted molar refractivity (Wildman–Crippen MR) is 137 cm³/mol. The molecule has 2 atom stereocenters. The first-order valence-corrected chi connectivity index (χ1v) is 11.3. The summed E-state index contributed by atoms with van der Waals surface area (Å²) in [6.07, 6.45) is 1.30. The molecule has 176 valence electrons. The molecule has 1 aromatic carbocycles. The van der Waals surface area contributed by atoms with Gasteiger partial charge in [0.05, 0.1) is 25.4 Å². The number of morpholine rings is 1. The number of halogens is 1. The maximum Gasteiger partial charge on any atom is 0.194 e. The summed E-state index contributed by atoms with van der Waals surface area (Å²) < 4.78 is 11.3. The van der Waals surface area contributed by atoms with Gasteiger partial charge >= 0.3 is 0 Å². The minimum atomic E-state index is 0. The van der Waals surface area contributed by atoms with Gasteiger partial charge in [-0.15, -0.1) is 24.0 Å². The monoisotopic (exact) mass is 545 g/mol. The van der Waals surface area contributed by atoms with E-state index in [0.717, 1.165) is 78.0 Å². The van der Waals surface area contributed by atoms with Gasteiger partial charge in [0.1, 0.15) is 0 Å². The SMILES string of the molecule is CCNC(=NCCCN(C)CCOC)N1CC2OCCN(Cc3ccccc3)C2C1.I. The Bertz CT molecular complexity index is 648. The van der Waals surface area contributed by atoms with Crippen LogP contribution in [0, 0.1) is 0 Å². The molecule has 1 N–H and O–H groups in total. The second-order valence-electron chi connectivity index (χ2n) is 8.22. The molecular weight excluding hydrogens is 505 g/mol. The lowest BCUT2D eigenvalue weighted by molar-refractivity contribution is -0.0502. The molecule has 2 fully saturated rings. The fourth-order valence-corrected chi connectivity index (χ4v) is 4.26. The van der Waals surface area contributed by atoms with Crippen LogP contribution < -0.4 is 5.32 Å². The van der Waals surface area contributed by atoms with E-state index in [1.165, 1.54) is 5.56 Å². The Morgan fingerprint density at radius 1 is 1.26 bits per heavy atom. The van der Waals surface area contributed by atoms with E-state index in [1.807, 2.05) is 0 Å². The maximum absolute atomic E-state index is 6.14. The highest BCUT2D eigenvalue weighted by molar-refractivity contribution is 14.0. The first-order chi connectivity index (χ1) is 14.7. The molecule has 0 amide bonds. The second kappa shape index (κ2) is 14.3. The largest absolute Gasteiger partial charge is 0.383 e. The van der Waals surface area contributed by atoms with Crippen molar-refractivity contribution in [1.82, 2.24) is 20.0 Å². The van der Waals surface area contributed by atoms with Crippen molar-refractivity contribution in [1.29, 1.82) is 0 Å². The highest BCUT2D eigenvalue weighted by Gasteiger charge is 2.41. The number of nitrogens with one attached hydrogen (secondary N) is 1. The van der Waals surface area contributed by atoms with Crippen LogP contribution in [0.4, 0.5) is 0 Å². The molecule has 0 spiro atoms. The number of methoxy groups -OCH3 is 1. The average molecular weight is 546 g/mol. The van der Waals surface area contributed by atoms with Gasteiger partial charge in [-0.05, 0) is 32.5 Å². The van der Waals surface area contributed by atoms with E-state index >= 15 is 0 Å². The summed E-state index contributed by atoms with van der Waals surface area (Å²) in [5, 5.41) is 3.49. The summed E-state index contributed by atoms with van der Waals surface area (Å²) in [6, 6.07) is 11.2. The molecule has 0 saturated carbocycles. The van der Waals surface area contributed by atoms with Crippen LogP contribution in [0.3, 0.4) is 0 Å². The van der Waals surface area contributed by atoms with Crippen LogP contribution in [0.2, 0.25) is 0 Å². The van der Waals surface area contributed by atoms with Crippen molar-refractivity contribution in [2.45, 2.75) is 32.0 Å². The minimum absolute atomic E-state index is 0. The van der Waals surface area contributed by atoms with Crippen molar-refractivity contribution in [2.75, 3.05) is 73.2 Å². The molecule has 8 heteroatoms. The molecule has 0 radical (unpaired) electrons. The van der Waals surface area contributed by atoms with Crippen LogP contribution in [0.25, 0.3) is 0 Å². The molecule has 2 unspecified atom stereocenters. The van der Waals surface area contributed by atoms with Gasteiger partial charge in [-0.2, -0.15) is 0 Å². The van der Waals surface area contributed by atoms with E-state index in [2.05, 4.69) is 64.3 Å². The summed E-state index contributed by atoms with van der Waals surface area (Å²) in [6.45, 7) is 11.3. The third-order valence-electron chi connectivity index (χ3n) is 5.92. The molecule has 1 aromatic rings. The van der Waals surface area contributed by atoms with Gasteiger partial charge in [0.25, 0.3) is 0 Å². The van der Waals surface area contributed by atoms with E-state index in [0.29, 0.717) is 6.04 Å². The molecule has 7 nitrogen and oxygen atoms in total. The molecule has 2 heterocycles. The van der Waals surface area contributed by atoms with Crippen LogP contribution in [0.1, 0.15) is 18.9 Å². The molecule has 31 heavy (non-hydrogen) atoms. The predicted octanol–water partition coefficient (Wildman–Crippen LogP) is 2.12.